The fourth-order valence-corrected chi connectivity index (χ4v) is 1.78. The number of halogens is 1. The van der Waals surface area contributed by atoms with Gasteiger partial charge in [0.2, 0.25) is 0 Å². The number of hydrogen-bond donors (Lipinski definition) is 2. The van der Waals surface area contributed by atoms with Crippen molar-refractivity contribution in [1.29, 1.82) is 0 Å². The Hall–Kier alpha value is -1.33. The smallest absolute Gasteiger partial charge is 0.339 e. The summed E-state index contributed by atoms with van der Waals surface area (Å²) in [6, 6.07) is 2.85. The Morgan fingerprint density at radius 2 is 2.11 bits per heavy atom. The predicted molar refractivity (Wildman–Crippen MR) is 70.4 cm³/mol. The molecule has 2 N–H and O–H groups in total. The fraction of sp³-hybridized carbons (Fsp3) is 0.500. The number of carboxylic acid groups (broad SMARTS) is 1. The Morgan fingerprint density at radius 3 is 2.56 bits per heavy atom. The Morgan fingerprint density at radius 1 is 1.50 bits per heavy atom. The second kappa shape index (κ2) is 5.54. The first-order valence-electron chi connectivity index (χ1n) is 5.61. The molecule has 1 aromatic rings. The summed E-state index contributed by atoms with van der Waals surface area (Å²) in [5, 5.41) is 19.2. The molecule has 1 rings (SSSR count). The van der Waals surface area contributed by atoms with Crippen LogP contribution in [0.1, 0.15) is 31.1 Å². The molecule has 0 saturated carbocycles. The molecule has 0 atom stereocenters. The van der Waals surface area contributed by atoms with Gasteiger partial charge in [0, 0.05) is 13.1 Å². The van der Waals surface area contributed by atoms with Crippen molar-refractivity contribution in [3.05, 3.63) is 22.8 Å². The Bertz CT molecular complexity index is 443. The van der Waals surface area contributed by atoms with Crippen molar-refractivity contribution in [3.63, 3.8) is 0 Å². The van der Waals surface area contributed by atoms with Gasteiger partial charge in [-0.15, -0.1) is 0 Å². The molecule has 0 spiro atoms. The van der Waals surface area contributed by atoms with Crippen LogP contribution in [-0.2, 0) is 0 Å². The molecule has 0 saturated heterocycles. The first-order valence-corrected chi connectivity index (χ1v) is 5.99. The Kier molecular flexibility index (Phi) is 4.53. The highest BCUT2D eigenvalue weighted by molar-refractivity contribution is 6.29. The van der Waals surface area contributed by atoms with E-state index in [1.54, 1.807) is 18.7 Å². The van der Waals surface area contributed by atoms with Gasteiger partial charge in [0.1, 0.15) is 16.5 Å². The molecule has 18 heavy (non-hydrogen) atoms. The average molecular weight is 273 g/mol. The second-order valence-electron chi connectivity index (χ2n) is 4.64. The molecular weight excluding hydrogens is 256 g/mol. The van der Waals surface area contributed by atoms with Crippen LogP contribution in [0.2, 0.25) is 5.15 Å². The van der Waals surface area contributed by atoms with Crippen molar-refractivity contribution in [2.45, 2.75) is 26.4 Å². The SMILES string of the molecule is CCN(CC(C)(C)O)c1nc(Cl)ccc1C(=O)O. The van der Waals surface area contributed by atoms with E-state index in [1.165, 1.54) is 12.1 Å². The van der Waals surface area contributed by atoms with E-state index < -0.39 is 11.6 Å². The minimum atomic E-state index is -1.07. The maximum atomic E-state index is 11.1. The fourth-order valence-electron chi connectivity index (χ4n) is 1.64. The molecule has 0 fully saturated rings. The lowest BCUT2D eigenvalue weighted by atomic mass is 10.1. The topological polar surface area (TPSA) is 73.7 Å². The number of hydrogen-bond acceptors (Lipinski definition) is 4. The highest BCUT2D eigenvalue weighted by atomic mass is 35.5. The van der Waals surface area contributed by atoms with Crippen LogP contribution in [0.15, 0.2) is 12.1 Å². The maximum absolute atomic E-state index is 11.1. The van der Waals surface area contributed by atoms with Crippen LogP contribution in [0.25, 0.3) is 0 Å². The van der Waals surface area contributed by atoms with Gasteiger partial charge in [0.15, 0.2) is 0 Å². The van der Waals surface area contributed by atoms with Gasteiger partial charge < -0.3 is 15.1 Å². The maximum Gasteiger partial charge on any atom is 0.339 e. The van der Waals surface area contributed by atoms with Gasteiger partial charge in [-0.3, -0.25) is 0 Å². The van der Waals surface area contributed by atoms with Crippen LogP contribution in [0.3, 0.4) is 0 Å². The summed E-state index contributed by atoms with van der Waals surface area (Å²) in [7, 11) is 0. The standard InChI is InChI=1S/C12H17ClN2O3/c1-4-15(7-12(2,3)18)10-8(11(16)17)5-6-9(13)14-10/h5-6,18H,4,7H2,1-3H3,(H,16,17). The predicted octanol–water partition coefficient (Wildman–Crippen LogP) is 2.03. The van der Waals surface area contributed by atoms with E-state index in [0.29, 0.717) is 6.54 Å². The average Bonchev–Trinajstić information content (AvgIpc) is 2.24. The van der Waals surface area contributed by atoms with Gasteiger partial charge in [0.05, 0.1) is 5.60 Å². The zero-order valence-electron chi connectivity index (χ0n) is 10.6. The summed E-state index contributed by atoms with van der Waals surface area (Å²) in [6.07, 6.45) is 0. The van der Waals surface area contributed by atoms with Crippen LogP contribution < -0.4 is 4.90 Å². The van der Waals surface area contributed by atoms with Gasteiger partial charge >= 0.3 is 5.97 Å². The molecule has 0 aliphatic rings. The van der Waals surface area contributed by atoms with Crippen LogP contribution in [-0.4, -0.2) is 39.9 Å². The lowest BCUT2D eigenvalue weighted by Crippen LogP contribution is -2.39. The van der Waals surface area contributed by atoms with Gasteiger partial charge in [-0.1, -0.05) is 11.6 Å². The minimum Gasteiger partial charge on any atom is -0.478 e. The lowest BCUT2D eigenvalue weighted by Gasteiger charge is -2.29. The largest absolute Gasteiger partial charge is 0.478 e. The molecule has 5 nitrogen and oxygen atoms in total. The minimum absolute atomic E-state index is 0.0745. The van der Waals surface area contributed by atoms with Gasteiger partial charge in [-0.25, -0.2) is 9.78 Å². The molecule has 1 aromatic heterocycles. The molecule has 0 aliphatic heterocycles. The third-order valence-electron chi connectivity index (χ3n) is 2.33. The molecule has 100 valence electrons. The summed E-state index contributed by atoms with van der Waals surface area (Å²) in [5.74, 6) is -0.789. The number of rotatable bonds is 5. The number of carboxylic acids is 1. The number of nitrogens with zero attached hydrogens (tertiary/aromatic N) is 2. The van der Waals surface area contributed by atoms with Gasteiger partial charge in [-0.2, -0.15) is 0 Å². The number of carbonyl (C=O) groups is 1. The van der Waals surface area contributed by atoms with Crippen LogP contribution >= 0.6 is 11.6 Å². The highest BCUT2D eigenvalue weighted by Crippen LogP contribution is 2.22. The van der Waals surface area contributed by atoms with Crippen molar-refractivity contribution in [2.24, 2.45) is 0 Å². The van der Waals surface area contributed by atoms with E-state index >= 15 is 0 Å². The molecule has 0 amide bonds. The number of anilines is 1. The summed E-state index contributed by atoms with van der Waals surface area (Å²) in [6.45, 7) is 5.97. The Labute approximate surface area is 111 Å². The van der Waals surface area contributed by atoms with Crippen molar-refractivity contribution >= 4 is 23.4 Å². The molecule has 6 heteroatoms. The summed E-state index contributed by atoms with van der Waals surface area (Å²) in [4.78, 5) is 16.9. The quantitative estimate of drug-likeness (QED) is 0.803. The van der Waals surface area contributed by atoms with E-state index in [2.05, 4.69) is 4.98 Å². The molecule has 0 aliphatic carbocycles. The van der Waals surface area contributed by atoms with Crippen LogP contribution in [0.4, 0.5) is 5.82 Å². The number of likely N-dealkylation sites (N-methyl/N-ethyl adjacent to an activating group) is 1. The van der Waals surface area contributed by atoms with Crippen LogP contribution in [0.5, 0.6) is 0 Å². The third kappa shape index (κ3) is 3.85. The number of aliphatic hydroxyl groups is 1. The zero-order chi connectivity index (χ0) is 13.9. The van der Waals surface area contributed by atoms with Gasteiger partial charge in [0.25, 0.3) is 0 Å². The van der Waals surface area contributed by atoms with Crippen molar-refractivity contribution in [2.75, 3.05) is 18.0 Å². The number of pyridine rings is 1. The molecule has 0 bridgehead atoms. The number of aromatic nitrogens is 1. The van der Waals surface area contributed by atoms with Crippen LogP contribution in [0, 0.1) is 0 Å². The third-order valence-corrected chi connectivity index (χ3v) is 2.54. The first-order chi connectivity index (χ1) is 8.24. The molecule has 0 radical (unpaired) electrons. The highest BCUT2D eigenvalue weighted by Gasteiger charge is 2.23. The molecular formula is C12H17ClN2O3. The zero-order valence-corrected chi connectivity index (χ0v) is 11.4. The van der Waals surface area contributed by atoms with Gasteiger partial charge in [-0.05, 0) is 32.9 Å². The summed E-state index contributed by atoms with van der Waals surface area (Å²) < 4.78 is 0. The van der Waals surface area contributed by atoms with Crippen molar-refractivity contribution < 1.29 is 15.0 Å². The van der Waals surface area contributed by atoms with E-state index in [9.17, 15) is 9.90 Å². The number of aromatic carboxylic acids is 1. The Balaban J connectivity index is 3.19. The first kappa shape index (κ1) is 14.7. The van der Waals surface area contributed by atoms with E-state index in [4.69, 9.17) is 16.7 Å². The summed E-state index contributed by atoms with van der Waals surface area (Å²) in [5.41, 5.74) is -0.874. The van der Waals surface area contributed by atoms with E-state index in [0.717, 1.165) is 0 Å². The molecule has 1 heterocycles. The van der Waals surface area contributed by atoms with Crippen molar-refractivity contribution in [3.8, 4) is 0 Å². The van der Waals surface area contributed by atoms with E-state index in [-0.39, 0.29) is 23.1 Å². The summed E-state index contributed by atoms with van der Waals surface area (Å²) >= 11 is 5.80. The monoisotopic (exact) mass is 272 g/mol. The molecule has 0 unspecified atom stereocenters. The second-order valence-corrected chi connectivity index (χ2v) is 5.02. The molecule has 0 aromatic carbocycles. The van der Waals surface area contributed by atoms with E-state index in [1.807, 2.05) is 6.92 Å². The lowest BCUT2D eigenvalue weighted by molar-refractivity contribution is 0.0693. The normalized spacial score (nSPS) is 11.4. The van der Waals surface area contributed by atoms with Crippen molar-refractivity contribution in [1.82, 2.24) is 4.98 Å².